The molecule has 0 spiro atoms. The van der Waals surface area contributed by atoms with E-state index in [2.05, 4.69) is 25.7 Å². The number of methoxy groups -OCH3 is 1. The van der Waals surface area contributed by atoms with Gasteiger partial charge in [-0.1, -0.05) is 12.1 Å². The van der Waals surface area contributed by atoms with Crippen LogP contribution in [0.15, 0.2) is 36.8 Å². The SMILES string of the molecule is CNc1ncnc2c1cnn2CC(=O)NC(c1ccc(OC)cc1)C1CC1. The van der Waals surface area contributed by atoms with Crippen LogP contribution in [0.2, 0.25) is 0 Å². The lowest BCUT2D eigenvalue weighted by Gasteiger charge is -2.19. The third-order valence-electron chi connectivity index (χ3n) is 4.85. The highest BCUT2D eigenvalue weighted by molar-refractivity contribution is 5.87. The molecule has 1 atom stereocenters. The van der Waals surface area contributed by atoms with E-state index in [1.54, 1.807) is 25.0 Å². The predicted octanol–water partition coefficient (Wildman–Crippen LogP) is 2.14. The number of rotatable bonds is 7. The van der Waals surface area contributed by atoms with Crippen LogP contribution >= 0.6 is 0 Å². The molecule has 0 bridgehead atoms. The number of amides is 1. The van der Waals surface area contributed by atoms with Gasteiger partial charge in [0.15, 0.2) is 5.65 Å². The van der Waals surface area contributed by atoms with Crippen molar-refractivity contribution in [3.05, 3.63) is 42.4 Å². The largest absolute Gasteiger partial charge is 0.497 e. The molecule has 2 aromatic heterocycles. The highest BCUT2D eigenvalue weighted by atomic mass is 16.5. The monoisotopic (exact) mass is 366 g/mol. The topological polar surface area (TPSA) is 94.0 Å². The van der Waals surface area contributed by atoms with Crippen LogP contribution in [0.5, 0.6) is 5.75 Å². The van der Waals surface area contributed by atoms with Crippen LogP contribution in [0.4, 0.5) is 5.82 Å². The first-order valence-corrected chi connectivity index (χ1v) is 8.97. The number of ether oxygens (including phenoxy) is 1. The molecule has 1 aromatic carbocycles. The molecule has 1 saturated carbocycles. The Hall–Kier alpha value is -3.16. The van der Waals surface area contributed by atoms with E-state index in [1.807, 2.05) is 24.3 Å². The molecular formula is C19H22N6O2. The van der Waals surface area contributed by atoms with Crippen LogP contribution in [0.25, 0.3) is 11.0 Å². The lowest BCUT2D eigenvalue weighted by atomic mass is 10.0. The van der Waals surface area contributed by atoms with Crippen molar-refractivity contribution in [2.75, 3.05) is 19.5 Å². The fraction of sp³-hybridized carbons (Fsp3) is 0.368. The molecule has 2 heterocycles. The minimum atomic E-state index is -0.0858. The molecular weight excluding hydrogens is 344 g/mol. The maximum absolute atomic E-state index is 12.7. The van der Waals surface area contributed by atoms with Gasteiger partial charge >= 0.3 is 0 Å². The Labute approximate surface area is 157 Å². The quantitative estimate of drug-likeness (QED) is 0.665. The number of anilines is 1. The average Bonchev–Trinajstić information content (AvgIpc) is 3.47. The molecule has 1 amide bonds. The van der Waals surface area contributed by atoms with Crippen molar-refractivity contribution < 1.29 is 9.53 Å². The first kappa shape index (κ1) is 17.3. The number of fused-ring (bicyclic) bond motifs is 1. The van der Waals surface area contributed by atoms with Gasteiger partial charge in [0.1, 0.15) is 24.4 Å². The molecule has 8 nitrogen and oxygen atoms in total. The van der Waals surface area contributed by atoms with E-state index in [9.17, 15) is 4.79 Å². The van der Waals surface area contributed by atoms with E-state index in [4.69, 9.17) is 4.74 Å². The van der Waals surface area contributed by atoms with E-state index in [-0.39, 0.29) is 18.5 Å². The zero-order chi connectivity index (χ0) is 18.8. The summed E-state index contributed by atoms with van der Waals surface area (Å²) in [7, 11) is 3.44. The number of carbonyl (C=O) groups excluding carboxylic acids is 1. The van der Waals surface area contributed by atoms with Gasteiger partial charge in [0.05, 0.1) is 24.7 Å². The lowest BCUT2D eigenvalue weighted by Crippen LogP contribution is -2.33. The molecule has 3 aromatic rings. The number of nitrogens with one attached hydrogen (secondary N) is 2. The molecule has 0 radical (unpaired) electrons. The van der Waals surface area contributed by atoms with E-state index in [1.165, 1.54) is 6.33 Å². The summed E-state index contributed by atoms with van der Waals surface area (Å²) in [6, 6.07) is 7.88. The third-order valence-corrected chi connectivity index (χ3v) is 4.85. The van der Waals surface area contributed by atoms with Crippen LogP contribution in [-0.4, -0.2) is 39.8 Å². The second-order valence-electron chi connectivity index (χ2n) is 6.67. The van der Waals surface area contributed by atoms with Crippen LogP contribution in [-0.2, 0) is 11.3 Å². The van der Waals surface area contributed by atoms with Crippen molar-refractivity contribution in [1.82, 2.24) is 25.1 Å². The Morgan fingerprint density at radius 2 is 2.07 bits per heavy atom. The number of nitrogens with zero attached hydrogens (tertiary/aromatic N) is 4. The molecule has 1 aliphatic rings. The summed E-state index contributed by atoms with van der Waals surface area (Å²) in [4.78, 5) is 21.1. The molecule has 4 rings (SSSR count). The lowest BCUT2D eigenvalue weighted by molar-refractivity contribution is -0.122. The molecule has 27 heavy (non-hydrogen) atoms. The van der Waals surface area contributed by atoms with Gasteiger partial charge in [-0.25, -0.2) is 14.6 Å². The van der Waals surface area contributed by atoms with Gasteiger partial charge in [0.2, 0.25) is 5.91 Å². The summed E-state index contributed by atoms with van der Waals surface area (Å²) in [5.74, 6) is 1.90. The van der Waals surface area contributed by atoms with Crippen molar-refractivity contribution in [2.24, 2.45) is 5.92 Å². The van der Waals surface area contributed by atoms with Gasteiger partial charge in [0, 0.05) is 7.05 Å². The molecule has 1 fully saturated rings. The second-order valence-corrected chi connectivity index (χ2v) is 6.67. The van der Waals surface area contributed by atoms with E-state index in [0.29, 0.717) is 17.4 Å². The molecule has 140 valence electrons. The predicted molar refractivity (Wildman–Crippen MR) is 101 cm³/mol. The third kappa shape index (κ3) is 3.55. The highest BCUT2D eigenvalue weighted by Gasteiger charge is 2.33. The zero-order valence-corrected chi connectivity index (χ0v) is 15.3. The van der Waals surface area contributed by atoms with Crippen LogP contribution < -0.4 is 15.4 Å². The summed E-state index contributed by atoms with van der Waals surface area (Å²) in [6.45, 7) is 0.114. The molecule has 1 unspecified atom stereocenters. The van der Waals surface area contributed by atoms with Crippen molar-refractivity contribution in [3.63, 3.8) is 0 Å². The van der Waals surface area contributed by atoms with E-state index >= 15 is 0 Å². The fourth-order valence-corrected chi connectivity index (χ4v) is 3.28. The van der Waals surface area contributed by atoms with Crippen molar-refractivity contribution in [2.45, 2.75) is 25.4 Å². The first-order valence-electron chi connectivity index (χ1n) is 8.97. The number of hydrogen-bond acceptors (Lipinski definition) is 6. The number of hydrogen-bond donors (Lipinski definition) is 2. The van der Waals surface area contributed by atoms with Gasteiger partial charge in [0.25, 0.3) is 0 Å². The van der Waals surface area contributed by atoms with Crippen LogP contribution in [0.3, 0.4) is 0 Å². The zero-order valence-electron chi connectivity index (χ0n) is 15.3. The summed E-state index contributed by atoms with van der Waals surface area (Å²) < 4.78 is 6.82. The summed E-state index contributed by atoms with van der Waals surface area (Å²) in [5, 5.41) is 11.3. The average molecular weight is 366 g/mol. The van der Waals surface area contributed by atoms with Crippen molar-refractivity contribution in [3.8, 4) is 5.75 Å². The minimum absolute atomic E-state index is 0.00716. The molecule has 0 aliphatic heterocycles. The van der Waals surface area contributed by atoms with Crippen LogP contribution in [0.1, 0.15) is 24.4 Å². The van der Waals surface area contributed by atoms with Crippen LogP contribution in [0, 0.1) is 5.92 Å². The normalized spacial score (nSPS) is 14.7. The summed E-state index contributed by atoms with van der Waals surface area (Å²) in [5.41, 5.74) is 1.73. The Morgan fingerprint density at radius 1 is 1.30 bits per heavy atom. The Morgan fingerprint density at radius 3 is 2.74 bits per heavy atom. The Bertz CT molecular complexity index is 948. The standard InChI is InChI=1S/C19H22N6O2/c1-20-18-15-9-23-25(19(15)22-11-21-18)10-16(26)24-17(12-3-4-12)13-5-7-14(27-2)8-6-13/h5-9,11-12,17H,3-4,10H2,1-2H3,(H,24,26)(H,20,21,22). The molecule has 8 heteroatoms. The van der Waals surface area contributed by atoms with E-state index in [0.717, 1.165) is 29.5 Å². The van der Waals surface area contributed by atoms with Gasteiger partial charge < -0.3 is 15.4 Å². The Balaban J connectivity index is 1.50. The first-order chi connectivity index (χ1) is 13.2. The Kier molecular flexibility index (Phi) is 4.62. The van der Waals surface area contributed by atoms with Crippen molar-refractivity contribution >= 4 is 22.8 Å². The van der Waals surface area contributed by atoms with Crippen molar-refractivity contribution in [1.29, 1.82) is 0 Å². The molecule has 0 saturated heterocycles. The van der Waals surface area contributed by atoms with Gasteiger partial charge in [-0.2, -0.15) is 5.10 Å². The van der Waals surface area contributed by atoms with Gasteiger partial charge in [-0.05, 0) is 36.5 Å². The summed E-state index contributed by atoms with van der Waals surface area (Å²) >= 11 is 0. The molecule has 2 N–H and O–H groups in total. The van der Waals surface area contributed by atoms with E-state index < -0.39 is 0 Å². The second kappa shape index (κ2) is 7.22. The summed E-state index contributed by atoms with van der Waals surface area (Å²) in [6.07, 6.45) is 5.39. The highest BCUT2D eigenvalue weighted by Crippen LogP contribution is 2.41. The fourth-order valence-electron chi connectivity index (χ4n) is 3.28. The smallest absolute Gasteiger partial charge is 0.242 e. The maximum Gasteiger partial charge on any atom is 0.242 e. The number of aromatic nitrogens is 4. The number of carbonyl (C=O) groups is 1. The van der Waals surface area contributed by atoms with Gasteiger partial charge in [-0.3, -0.25) is 4.79 Å². The number of benzene rings is 1. The minimum Gasteiger partial charge on any atom is -0.497 e. The molecule has 1 aliphatic carbocycles. The van der Waals surface area contributed by atoms with Gasteiger partial charge in [-0.15, -0.1) is 0 Å². The maximum atomic E-state index is 12.7.